The second kappa shape index (κ2) is 6.51. The van der Waals surface area contributed by atoms with Crippen LogP contribution in [0.5, 0.6) is 0 Å². The standard InChI is InChI=1S/C17H21F3N2O/c18-17(19,20)14-6-3-5-12(10-14)16(23)22-9-7-15-13(11-22)4-1-2-8-21-15/h3,5-6,10,13,15,21H,1-2,4,7-9,11H2/t13-,15+/m0/s1. The van der Waals surface area contributed by atoms with Gasteiger partial charge in [-0.3, -0.25) is 4.79 Å². The number of rotatable bonds is 1. The van der Waals surface area contributed by atoms with E-state index in [1.54, 1.807) is 4.90 Å². The number of nitrogens with zero attached hydrogens (tertiary/aromatic N) is 1. The Bertz CT molecular complexity index is 573. The van der Waals surface area contributed by atoms with Crippen molar-refractivity contribution in [2.45, 2.75) is 37.9 Å². The van der Waals surface area contributed by atoms with Crippen molar-refractivity contribution >= 4 is 5.91 Å². The van der Waals surface area contributed by atoms with Crippen LogP contribution in [0.4, 0.5) is 13.2 Å². The van der Waals surface area contributed by atoms with E-state index in [1.807, 2.05) is 0 Å². The van der Waals surface area contributed by atoms with Crippen LogP contribution in [0, 0.1) is 5.92 Å². The van der Waals surface area contributed by atoms with Gasteiger partial charge >= 0.3 is 6.18 Å². The lowest BCUT2D eigenvalue weighted by molar-refractivity contribution is -0.137. The highest BCUT2D eigenvalue weighted by molar-refractivity contribution is 5.94. The molecule has 0 saturated carbocycles. The first kappa shape index (κ1) is 16.3. The van der Waals surface area contributed by atoms with Gasteiger partial charge in [0.15, 0.2) is 0 Å². The molecule has 2 fully saturated rings. The third kappa shape index (κ3) is 3.68. The third-order valence-corrected chi connectivity index (χ3v) is 4.87. The number of alkyl halides is 3. The van der Waals surface area contributed by atoms with E-state index in [9.17, 15) is 18.0 Å². The maximum atomic E-state index is 12.8. The van der Waals surface area contributed by atoms with Gasteiger partial charge < -0.3 is 10.2 Å². The molecule has 1 aromatic rings. The lowest BCUT2D eigenvalue weighted by Crippen LogP contribution is -2.50. The normalized spacial score (nSPS) is 25.6. The average molecular weight is 326 g/mol. The summed E-state index contributed by atoms with van der Waals surface area (Å²) in [4.78, 5) is 14.3. The predicted molar refractivity (Wildman–Crippen MR) is 81.1 cm³/mol. The molecule has 0 aromatic heterocycles. The molecule has 0 unspecified atom stereocenters. The maximum absolute atomic E-state index is 12.8. The van der Waals surface area contributed by atoms with Gasteiger partial charge in [-0.1, -0.05) is 12.5 Å². The van der Waals surface area contributed by atoms with Crippen molar-refractivity contribution in [3.8, 4) is 0 Å². The Hall–Kier alpha value is -1.56. The summed E-state index contributed by atoms with van der Waals surface area (Å²) in [5.41, 5.74) is -0.644. The zero-order chi connectivity index (χ0) is 16.4. The summed E-state index contributed by atoms with van der Waals surface area (Å²) in [5.74, 6) is 0.111. The summed E-state index contributed by atoms with van der Waals surface area (Å²) in [6.07, 6.45) is -0.192. The van der Waals surface area contributed by atoms with E-state index in [4.69, 9.17) is 0 Å². The molecular weight excluding hydrogens is 305 g/mol. The van der Waals surface area contributed by atoms with E-state index in [-0.39, 0.29) is 11.5 Å². The maximum Gasteiger partial charge on any atom is 0.416 e. The first-order chi connectivity index (χ1) is 10.9. The number of carbonyl (C=O) groups is 1. The van der Waals surface area contributed by atoms with Crippen LogP contribution in [-0.2, 0) is 6.18 Å². The monoisotopic (exact) mass is 326 g/mol. The predicted octanol–water partition coefficient (Wildman–Crippen LogP) is 3.31. The van der Waals surface area contributed by atoms with E-state index < -0.39 is 11.7 Å². The molecular formula is C17H21F3N2O. The van der Waals surface area contributed by atoms with Gasteiger partial charge in [-0.15, -0.1) is 0 Å². The van der Waals surface area contributed by atoms with Crippen LogP contribution in [0.3, 0.4) is 0 Å². The van der Waals surface area contributed by atoms with E-state index in [0.717, 1.165) is 44.4 Å². The largest absolute Gasteiger partial charge is 0.416 e. The summed E-state index contributed by atoms with van der Waals surface area (Å²) in [6.45, 7) is 2.25. The Balaban J connectivity index is 1.73. The van der Waals surface area contributed by atoms with Crippen molar-refractivity contribution in [1.82, 2.24) is 10.2 Å². The van der Waals surface area contributed by atoms with Crippen molar-refractivity contribution in [3.63, 3.8) is 0 Å². The third-order valence-electron chi connectivity index (χ3n) is 4.87. The van der Waals surface area contributed by atoms with Gasteiger partial charge in [0.25, 0.3) is 5.91 Å². The SMILES string of the molecule is O=C(c1cccc(C(F)(F)F)c1)N1CC[C@H]2NCCCC[C@H]2C1. The summed E-state index contributed by atoms with van der Waals surface area (Å²) in [6, 6.07) is 5.16. The molecule has 1 aromatic carbocycles. The Labute approximate surface area is 133 Å². The Morgan fingerprint density at radius 3 is 2.83 bits per heavy atom. The number of benzene rings is 1. The van der Waals surface area contributed by atoms with Crippen molar-refractivity contribution in [2.24, 2.45) is 5.92 Å². The molecule has 0 bridgehead atoms. The fourth-order valence-corrected chi connectivity index (χ4v) is 3.61. The number of amides is 1. The zero-order valence-electron chi connectivity index (χ0n) is 12.9. The molecule has 126 valence electrons. The summed E-state index contributed by atoms with van der Waals surface area (Å²) < 4.78 is 38.4. The number of hydrogen-bond acceptors (Lipinski definition) is 2. The molecule has 2 saturated heterocycles. The van der Waals surface area contributed by atoms with Gasteiger partial charge in [0.2, 0.25) is 0 Å². The first-order valence-corrected chi connectivity index (χ1v) is 8.15. The summed E-state index contributed by atoms with van der Waals surface area (Å²) >= 11 is 0. The average Bonchev–Trinajstić information content (AvgIpc) is 2.78. The molecule has 0 radical (unpaired) electrons. The van der Waals surface area contributed by atoms with Crippen LogP contribution in [0.25, 0.3) is 0 Å². The number of likely N-dealkylation sites (tertiary alicyclic amines) is 1. The van der Waals surface area contributed by atoms with Crippen LogP contribution in [-0.4, -0.2) is 36.5 Å². The molecule has 2 atom stereocenters. The molecule has 3 nitrogen and oxygen atoms in total. The van der Waals surface area contributed by atoms with E-state index in [1.165, 1.54) is 12.1 Å². The van der Waals surface area contributed by atoms with Gasteiger partial charge in [0.1, 0.15) is 0 Å². The van der Waals surface area contributed by atoms with Gasteiger partial charge in [-0.25, -0.2) is 0 Å². The van der Waals surface area contributed by atoms with Crippen molar-refractivity contribution < 1.29 is 18.0 Å². The topological polar surface area (TPSA) is 32.3 Å². The first-order valence-electron chi connectivity index (χ1n) is 8.15. The zero-order valence-corrected chi connectivity index (χ0v) is 12.9. The van der Waals surface area contributed by atoms with Crippen LogP contribution < -0.4 is 5.32 Å². The number of carbonyl (C=O) groups excluding carboxylic acids is 1. The Morgan fingerprint density at radius 2 is 2.04 bits per heavy atom. The number of halogens is 3. The highest BCUT2D eigenvalue weighted by atomic mass is 19.4. The van der Waals surface area contributed by atoms with Gasteiger partial charge in [-0.2, -0.15) is 13.2 Å². The minimum Gasteiger partial charge on any atom is -0.338 e. The summed E-state index contributed by atoms with van der Waals surface area (Å²) in [5, 5.41) is 3.53. The van der Waals surface area contributed by atoms with E-state index in [2.05, 4.69) is 5.32 Å². The van der Waals surface area contributed by atoms with Gasteiger partial charge in [0, 0.05) is 24.7 Å². The number of hydrogen-bond donors (Lipinski definition) is 1. The molecule has 2 aliphatic heterocycles. The van der Waals surface area contributed by atoms with Crippen molar-refractivity contribution in [1.29, 1.82) is 0 Å². The molecule has 0 aliphatic carbocycles. The number of fused-ring (bicyclic) bond motifs is 1. The van der Waals surface area contributed by atoms with Gasteiger partial charge in [-0.05, 0) is 49.9 Å². The molecule has 2 aliphatic rings. The minimum atomic E-state index is -4.42. The number of nitrogens with one attached hydrogen (secondary N) is 1. The number of piperidine rings is 1. The summed E-state index contributed by atoms with van der Waals surface area (Å²) in [7, 11) is 0. The lowest BCUT2D eigenvalue weighted by atomic mass is 9.89. The highest BCUT2D eigenvalue weighted by Gasteiger charge is 2.34. The Morgan fingerprint density at radius 1 is 1.22 bits per heavy atom. The van der Waals surface area contributed by atoms with Crippen molar-refractivity contribution in [2.75, 3.05) is 19.6 Å². The smallest absolute Gasteiger partial charge is 0.338 e. The minimum absolute atomic E-state index is 0.125. The second-order valence-corrected chi connectivity index (χ2v) is 6.43. The van der Waals surface area contributed by atoms with Gasteiger partial charge in [0.05, 0.1) is 5.56 Å². The lowest BCUT2D eigenvalue weighted by Gasteiger charge is -2.38. The fourth-order valence-electron chi connectivity index (χ4n) is 3.61. The molecule has 6 heteroatoms. The quantitative estimate of drug-likeness (QED) is 0.859. The van der Waals surface area contributed by atoms with Crippen LogP contribution >= 0.6 is 0 Å². The Kier molecular flexibility index (Phi) is 4.62. The second-order valence-electron chi connectivity index (χ2n) is 6.43. The molecule has 0 spiro atoms. The van der Waals surface area contributed by atoms with Crippen LogP contribution in [0.15, 0.2) is 24.3 Å². The molecule has 23 heavy (non-hydrogen) atoms. The molecule has 1 N–H and O–H groups in total. The highest BCUT2D eigenvalue weighted by Crippen LogP contribution is 2.30. The van der Waals surface area contributed by atoms with E-state index in [0.29, 0.717) is 25.0 Å². The molecule has 3 rings (SSSR count). The molecule has 1 amide bonds. The van der Waals surface area contributed by atoms with Crippen LogP contribution in [0.2, 0.25) is 0 Å². The fraction of sp³-hybridized carbons (Fsp3) is 0.588. The molecule has 2 heterocycles. The van der Waals surface area contributed by atoms with Crippen molar-refractivity contribution in [3.05, 3.63) is 35.4 Å². The van der Waals surface area contributed by atoms with Crippen LogP contribution in [0.1, 0.15) is 41.6 Å². The van der Waals surface area contributed by atoms with E-state index >= 15 is 0 Å².